The van der Waals surface area contributed by atoms with Crippen molar-refractivity contribution in [2.75, 3.05) is 0 Å². The zero-order valence-corrected chi connectivity index (χ0v) is 12.7. The van der Waals surface area contributed by atoms with Crippen LogP contribution in [0.1, 0.15) is 92.9 Å². The Balaban J connectivity index is -0.000000196. The van der Waals surface area contributed by atoms with E-state index in [9.17, 15) is 0 Å². The van der Waals surface area contributed by atoms with Gasteiger partial charge in [0, 0.05) is 0 Å². The molecule has 2 aliphatic rings. The third-order valence-electron chi connectivity index (χ3n) is 2.57. The fourth-order valence-corrected chi connectivity index (χ4v) is 1.70. The third kappa shape index (κ3) is 20.8. The average Bonchev–Trinajstić information content (AvgIpc) is 2.92. The molecule has 0 bridgehead atoms. The maximum Gasteiger partial charge on any atom is -0.0348 e. The topological polar surface area (TPSA) is 0 Å². The maximum atomic E-state index is 2.32. The molecule has 2 rings (SSSR count). The Morgan fingerprint density at radius 3 is 0.944 bits per heavy atom. The second-order valence-electron chi connectivity index (χ2n) is 3.87. The van der Waals surface area contributed by atoms with Gasteiger partial charge in [-0.15, -0.1) is 0 Å². The highest BCUT2D eigenvalue weighted by atomic mass is 14.0. The second kappa shape index (κ2) is 25.4. The summed E-state index contributed by atoms with van der Waals surface area (Å²) in [5.74, 6) is 0. The minimum absolute atomic E-state index is 0. The highest BCUT2D eigenvalue weighted by molar-refractivity contribution is 4.88. The van der Waals surface area contributed by atoms with Crippen LogP contribution >= 0.6 is 0 Å². The first-order valence-corrected chi connectivity index (χ1v) is 7.80. The van der Waals surface area contributed by atoms with Crippen LogP contribution in [0.3, 0.4) is 0 Å². The van der Waals surface area contributed by atoms with Gasteiger partial charge in [0.2, 0.25) is 0 Å². The Morgan fingerprint density at radius 1 is 0.444 bits per heavy atom. The van der Waals surface area contributed by atoms with Crippen molar-refractivity contribution in [3.63, 3.8) is 0 Å². The molecule has 0 aromatic carbocycles. The van der Waals surface area contributed by atoms with E-state index >= 15 is 0 Å². The first-order chi connectivity index (χ1) is 8.50. The van der Waals surface area contributed by atoms with Crippen LogP contribution in [0.15, 0.2) is 24.3 Å². The van der Waals surface area contributed by atoms with Gasteiger partial charge in [-0.25, -0.2) is 0 Å². The molecule has 0 nitrogen and oxygen atoms in total. The summed E-state index contributed by atoms with van der Waals surface area (Å²) in [6.45, 7) is 8.00. The first kappa shape index (κ1) is 22.6. The van der Waals surface area contributed by atoms with Crippen LogP contribution in [0, 0.1) is 0 Å². The Morgan fingerprint density at radius 2 is 0.722 bits per heavy atom. The first-order valence-electron chi connectivity index (χ1n) is 7.80. The Hall–Kier alpha value is -0.520. The van der Waals surface area contributed by atoms with Gasteiger partial charge in [0.25, 0.3) is 0 Å². The number of rotatable bonds is 0. The summed E-state index contributed by atoms with van der Waals surface area (Å²) >= 11 is 0. The van der Waals surface area contributed by atoms with Crippen molar-refractivity contribution in [1.29, 1.82) is 0 Å². The highest BCUT2D eigenvalue weighted by Crippen LogP contribution is 2.09. The van der Waals surface area contributed by atoms with Gasteiger partial charge < -0.3 is 0 Å². The predicted octanol–water partition coefficient (Wildman–Crippen LogP) is 7.31. The van der Waals surface area contributed by atoms with E-state index < -0.39 is 0 Å². The van der Waals surface area contributed by atoms with Crippen molar-refractivity contribution in [2.24, 2.45) is 0 Å². The van der Waals surface area contributed by atoms with E-state index in [4.69, 9.17) is 0 Å². The summed E-state index contributed by atoms with van der Waals surface area (Å²) in [6.07, 6.45) is 21.5. The minimum atomic E-state index is 0. The largest absolute Gasteiger partial charge is 0.0885 e. The Kier molecular flexibility index (Phi) is 31.9. The predicted molar refractivity (Wildman–Crippen MR) is 89.3 cm³/mol. The molecule has 0 heterocycles. The zero-order chi connectivity index (χ0) is 13.2. The SMILES string of the molecule is C.C1=CCCC1.C1=C\CCCCCC/1.CC.CC. The van der Waals surface area contributed by atoms with Gasteiger partial charge in [0.1, 0.15) is 0 Å². The van der Waals surface area contributed by atoms with Gasteiger partial charge in [-0.3, -0.25) is 0 Å². The molecule has 0 aromatic rings. The fraction of sp³-hybridized carbons (Fsp3) is 0.778. The standard InChI is InChI=1S/C8H14.C5H8.2C2H6.CH4/c1-2-4-6-8-7-5-3-1;1-2-4-5-3-1;2*1-2;/h1-2H,3-8H2;1-2H,3-5H2;2*1-2H3;1H4/b2-1-;;;;. The summed E-state index contributed by atoms with van der Waals surface area (Å²) in [5, 5.41) is 0. The smallest absolute Gasteiger partial charge is 0.0348 e. The van der Waals surface area contributed by atoms with E-state index in [1.807, 2.05) is 27.7 Å². The molecule has 0 amide bonds. The Labute approximate surface area is 118 Å². The Bertz CT molecular complexity index is 137. The van der Waals surface area contributed by atoms with E-state index in [1.165, 1.54) is 57.8 Å². The molecule has 2 aliphatic carbocycles. The molecular weight excluding hydrogens is 216 g/mol. The van der Waals surface area contributed by atoms with Crippen molar-refractivity contribution in [3.05, 3.63) is 24.3 Å². The molecule has 0 aromatic heterocycles. The summed E-state index contributed by atoms with van der Waals surface area (Å²) in [4.78, 5) is 0. The molecule has 110 valence electrons. The third-order valence-corrected chi connectivity index (χ3v) is 2.57. The molecule has 0 saturated carbocycles. The monoisotopic (exact) mass is 254 g/mol. The van der Waals surface area contributed by atoms with E-state index in [1.54, 1.807) is 0 Å². The fourth-order valence-electron chi connectivity index (χ4n) is 1.70. The summed E-state index contributed by atoms with van der Waals surface area (Å²) in [5.41, 5.74) is 0. The molecule has 0 aliphatic heterocycles. The molecule has 0 saturated heterocycles. The molecule has 0 unspecified atom stereocenters. The number of allylic oxidation sites excluding steroid dienone is 4. The summed E-state index contributed by atoms with van der Waals surface area (Å²) in [7, 11) is 0. The normalized spacial score (nSPS) is 18.0. The quantitative estimate of drug-likeness (QED) is 0.397. The van der Waals surface area contributed by atoms with Crippen LogP contribution in [-0.2, 0) is 0 Å². The molecule has 0 radical (unpaired) electrons. The number of hydrogen-bond donors (Lipinski definition) is 0. The van der Waals surface area contributed by atoms with E-state index in [0.717, 1.165) is 0 Å². The molecular formula is C18H38. The van der Waals surface area contributed by atoms with Crippen molar-refractivity contribution in [2.45, 2.75) is 92.9 Å². The van der Waals surface area contributed by atoms with Gasteiger partial charge in [-0.05, 0) is 44.9 Å². The van der Waals surface area contributed by atoms with E-state index in [2.05, 4.69) is 24.3 Å². The van der Waals surface area contributed by atoms with E-state index in [0.29, 0.717) is 0 Å². The van der Waals surface area contributed by atoms with Gasteiger partial charge in [0.05, 0.1) is 0 Å². The molecule has 0 atom stereocenters. The molecule has 18 heavy (non-hydrogen) atoms. The second-order valence-corrected chi connectivity index (χ2v) is 3.87. The van der Waals surface area contributed by atoms with Crippen molar-refractivity contribution in [3.8, 4) is 0 Å². The minimum Gasteiger partial charge on any atom is -0.0885 e. The lowest BCUT2D eigenvalue weighted by Gasteiger charge is -2.00. The van der Waals surface area contributed by atoms with Gasteiger partial charge in [0.15, 0.2) is 0 Å². The van der Waals surface area contributed by atoms with Crippen molar-refractivity contribution in [1.82, 2.24) is 0 Å². The molecule has 0 fully saturated rings. The molecule has 0 heteroatoms. The lowest BCUT2D eigenvalue weighted by atomic mass is 10.1. The lowest BCUT2D eigenvalue weighted by Crippen LogP contribution is -1.80. The molecule has 0 spiro atoms. The van der Waals surface area contributed by atoms with Crippen LogP contribution < -0.4 is 0 Å². The van der Waals surface area contributed by atoms with Gasteiger partial charge >= 0.3 is 0 Å². The van der Waals surface area contributed by atoms with Crippen molar-refractivity contribution >= 4 is 0 Å². The highest BCUT2D eigenvalue weighted by Gasteiger charge is 1.90. The van der Waals surface area contributed by atoms with Crippen molar-refractivity contribution < 1.29 is 0 Å². The van der Waals surface area contributed by atoms with Crippen LogP contribution in [0.2, 0.25) is 0 Å². The number of hydrogen-bond acceptors (Lipinski definition) is 0. The zero-order valence-electron chi connectivity index (χ0n) is 12.7. The summed E-state index contributed by atoms with van der Waals surface area (Å²) < 4.78 is 0. The van der Waals surface area contributed by atoms with Crippen LogP contribution in [0.25, 0.3) is 0 Å². The van der Waals surface area contributed by atoms with Crippen LogP contribution in [0.5, 0.6) is 0 Å². The van der Waals surface area contributed by atoms with E-state index in [-0.39, 0.29) is 7.43 Å². The van der Waals surface area contributed by atoms with Gasteiger partial charge in [-0.2, -0.15) is 0 Å². The average molecular weight is 255 g/mol. The van der Waals surface area contributed by atoms with Crippen LogP contribution in [0.4, 0.5) is 0 Å². The lowest BCUT2D eigenvalue weighted by molar-refractivity contribution is 0.638. The summed E-state index contributed by atoms with van der Waals surface area (Å²) in [6, 6.07) is 0. The van der Waals surface area contributed by atoms with Gasteiger partial charge in [-0.1, -0.05) is 72.3 Å². The van der Waals surface area contributed by atoms with Crippen LogP contribution in [-0.4, -0.2) is 0 Å². The molecule has 0 N–H and O–H groups in total. The maximum absolute atomic E-state index is 2.32.